The normalized spacial score (nSPS) is 11.9. The summed E-state index contributed by atoms with van der Waals surface area (Å²) in [6.07, 6.45) is 0. The molecule has 2 aromatic carbocycles. The van der Waals surface area contributed by atoms with E-state index < -0.39 is 17.9 Å². The number of benzene rings is 2. The predicted molar refractivity (Wildman–Crippen MR) is 138 cm³/mol. The number of esters is 1. The summed E-state index contributed by atoms with van der Waals surface area (Å²) < 4.78 is 10.9. The molecule has 1 heterocycles. The monoisotopic (exact) mass is 481 g/mol. The van der Waals surface area contributed by atoms with E-state index in [2.05, 4.69) is 51.2 Å². The number of ether oxygens (including phenoxy) is 1. The Morgan fingerprint density at radius 1 is 1.06 bits per heavy atom. The molecule has 1 N–H and O–H groups in total. The van der Waals surface area contributed by atoms with Crippen LogP contribution in [0.1, 0.15) is 74.2 Å². The van der Waals surface area contributed by atoms with Crippen molar-refractivity contribution in [1.82, 2.24) is 5.32 Å². The minimum atomic E-state index is -0.899. The van der Waals surface area contributed by atoms with Gasteiger partial charge in [-0.3, -0.25) is 4.79 Å². The molecular formula is C28H35NO4S. The molecule has 1 aromatic heterocycles. The molecule has 3 rings (SSSR count). The van der Waals surface area contributed by atoms with Gasteiger partial charge in [-0.15, -0.1) is 11.8 Å². The van der Waals surface area contributed by atoms with Crippen molar-refractivity contribution in [2.24, 2.45) is 0 Å². The molecule has 0 aliphatic heterocycles. The molecule has 34 heavy (non-hydrogen) atoms. The molecule has 1 atom stereocenters. The molecular weight excluding hydrogens is 446 g/mol. The lowest BCUT2D eigenvalue weighted by atomic mass is 9.87. The summed E-state index contributed by atoms with van der Waals surface area (Å²) in [5.74, 6) is 0.489. The topological polar surface area (TPSA) is 68.5 Å². The highest BCUT2D eigenvalue weighted by molar-refractivity contribution is 7.98. The number of nitrogens with one attached hydrogen (secondary N) is 1. The summed E-state index contributed by atoms with van der Waals surface area (Å²) in [6, 6.07) is 18.1. The lowest BCUT2D eigenvalue weighted by Gasteiger charge is -2.20. The minimum absolute atomic E-state index is 0. The number of carbonyl (C=O) groups excluding carboxylic acids is 2. The van der Waals surface area contributed by atoms with Gasteiger partial charge in [0.2, 0.25) is 0 Å². The molecule has 0 saturated heterocycles. The maximum absolute atomic E-state index is 12.8. The first kappa shape index (κ1) is 27.3. The van der Waals surface area contributed by atoms with Gasteiger partial charge in [0.1, 0.15) is 5.76 Å². The first-order valence-corrected chi connectivity index (χ1v) is 12.0. The van der Waals surface area contributed by atoms with E-state index in [1.807, 2.05) is 18.2 Å². The van der Waals surface area contributed by atoms with Crippen molar-refractivity contribution in [3.63, 3.8) is 0 Å². The first-order valence-electron chi connectivity index (χ1n) is 11.0. The summed E-state index contributed by atoms with van der Waals surface area (Å²) in [6.45, 7) is 10.6. The summed E-state index contributed by atoms with van der Waals surface area (Å²) in [7, 11) is 0. The van der Waals surface area contributed by atoms with Crippen LogP contribution >= 0.6 is 11.8 Å². The second-order valence-electron chi connectivity index (χ2n) is 8.85. The molecule has 5 nitrogen and oxygen atoms in total. The lowest BCUT2D eigenvalue weighted by Crippen LogP contribution is -2.34. The largest absolute Gasteiger partial charge is 0.464 e. The molecule has 0 radical (unpaired) electrons. The van der Waals surface area contributed by atoms with Gasteiger partial charge in [-0.05, 0) is 54.2 Å². The molecule has 0 bridgehead atoms. The lowest BCUT2D eigenvalue weighted by molar-refractivity contribution is -0.145. The van der Waals surface area contributed by atoms with Crippen molar-refractivity contribution < 1.29 is 18.7 Å². The van der Waals surface area contributed by atoms with Crippen molar-refractivity contribution in [3.8, 4) is 0 Å². The predicted octanol–water partition coefficient (Wildman–Crippen LogP) is 6.85. The Kier molecular flexibility index (Phi) is 9.56. The van der Waals surface area contributed by atoms with E-state index in [1.165, 1.54) is 16.0 Å². The first-order chi connectivity index (χ1) is 15.7. The second kappa shape index (κ2) is 11.9. The fraction of sp³-hybridized carbons (Fsp3) is 0.357. The number of furan rings is 1. The van der Waals surface area contributed by atoms with Crippen LogP contribution in [0.5, 0.6) is 0 Å². The highest BCUT2D eigenvalue weighted by atomic mass is 32.2. The van der Waals surface area contributed by atoms with Gasteiger partial charge in [0.05, 0.1) is 12.4 Å². The van der Waals surface area contributed by atoms with Crippen molar-refractivity contribution in [2.45, 2.75) is 64.2 Å². The summed E-state index contributed by atoms with van der Waals surface area (Å²) in [5, 5.41) is 2.74. The van der Waals surface area contributed by atoms with Gasteiger partial charge < -0.3 is 14.5 Å². The number of thioether (sulfide) groups is 1. The second-order valence-corrected chi connectivity index (χ2v) is 9.87. The number of rotatable bonds is 8. The van der Waals surface area contributed by atoms with Crippen molar-refractivity contribution in [2.75, 3.05) is 6.61 Å². The molecule has 0 fully saturated rings. The van der Waals surface area contributed by atoms with Gasteiger partial charge >= 0.3 is 5.97 Å². The Hall–Kier alpha value is -2.99. The maximum atomic E-state index is 12.8. The molecule has 182 valence electrons. The smallest absolute Gasteiger partial charge is 0.333 e. The third-order valence-corrected chi connectivity index (χ3v) is 6.42. The van der Waals surface area contributed by atoms with E-state index in [0.29, 0.717) is 17.1 Å². The quantitative estimate of drug-likeness (QED) is 0.281. The Labute approximate surface area is 207 Å². The molecule has 0 aliphatic rings. The van der Waals surface area contributed by atoms with Crippen molar-refractivity contribution in [3.05, 3.63) is 88.9 Å². The summed E-state index contributed by atoms with van der Waals surface area (Å²) >= 11 is 1.68. The number of hydrogen-bond donors (Lipinski definition) is 1. The molecule has 3 aromatic rings. The number of amides is 1. The SMILES string of the molecule is C.CCOC(=O)[C@@H](NC(=O)c1ccc(CSc2cc(C(C)(C)C)ccc2C)o1)c1ccccc1. The minimum Gasteiger partial charge on any atom is -0.464 e. The fourth-order valence-corrected chi connectivity index (χ4v) is 4.26. The van der Waals surface area contributed by atoms with Crippen LogP contribution in [0.25, 0.3) is 0 Å². The molecule has 0 unspecified atom stereocenters. The summed E-state index contributed by atoms with van der Waals surface area (Å²) in [5.41, 5.74) is 3.22. The Bertz CT molecular complexity index is 1100. The average molecular weight is 482 g/mol. The number of carbonyl (C=O) groups is 2. The van der Waals surface area contributed by atoms with E-state index >= 15 is 0 Å². The van der Waals surface area contributed by atoms with E-state index in [4.69, 9.17) is 9.15 Å². The van der Waals surface area contributed by atoms with Crippen LogP contribution in [0.15, 0.2) is 70.0 Å². The third-order valence-electron chi connectivity index (χ3n) is 5.24. The van der Waals surface area contributed by atoms with Gasteiger partial charge in [0.15, 0.2) is 11.8 Å². The summed E-state index contributed by atoms with van der Waals surface area (Å²) in [4.78, 5) is 26.4. The Morgan fingerprint density at radius 2 is 1.76 bits per heavy atom. The Morgan fingerprint density at radius 3 is 2.41 bits per heavy atom. The van der Waals surface area contributed by atoms with Crippen molar-refractivity contribution >= 4 is 23.6 Å². The van der Waals surface area contributed by atoms with Crippen LogP contribution in [0.3, 0.4) is 0 Å². The zero-order chi connectivity index (χ0) is 24.0. The van der Waals surface area contributed by atoms with Gasteiger partial charge in [-0.25, -0.2) is 4.79 Å². The van der Waals surface area contributed by atoms with Crippen LogP contribution in [0.4, 0.5) is 0 Å². The van der Waals surface area contributed by atoms with Gasteiger partial charge in [0.25, 0.3) is 5.91 Å². The standard InChI is InChI=1S/C27H31NO4S.CH4/c1-6-31-26(30)24(19-10-8-7-9-11-19)28-25(29)22-15-14-21(32-22)17-33-23-16-20(27(3,4)5)13-12-18(23)2;/h7-16,24H,6,17H2,1-5H3,(H,28,29);1H4/t24-;/m0./s1. The van der Waals surface area contributed by atoms with Crippen LogP contribution in [-0.4, -0.2) is 18.5 Å². The molecule has 0 aliphatic carbocycles. The maximum Gasteiger partial charge on any atom is 0.333 e. The highest BCUT2D eigenvalue weighted by Crippen LogP contribution is 2.32. The molecule has 6 heteroatoms. The van der Waals surface area contributed by atoms with Gasteiger partial charge in [-0.2, -0.15) is 0 Å². The van der Waals surface area contributed by atoms with E-state index in [-0.39, 0.29) is 25.2 Å². The zero-order valence-electron chi connectivity index (χ0n) is 19.8. The third kappa shape index (κ3) is 7.00. The van der Waals surface area contributed by atoms with Gasteiger partial charge in [0, 0.05) is 4.90 Å². The Balaban J connectivity index is 0.00000408. The number of aryl methyl sites for hydroxylation is 1. The average Bonchev–Trinajstić information content (AvgIpc) is 3.26. The molecule has 1 amide bonds. The van der Waals surface area contributed by atoms with Crippen LogP contribution in [0.2, 0.25) is 0 Å². The van der Waals surface area contributed by atoms with Gasteiger partial charge in [-0.1, -0.05) is 70.7 Å². The van der Waals surface area contributed by atoms with Crippen LogP contribution in [-0.2, 0) is 20.7 Å². The van der Waals surface area contributed by atoms with E-state index in [9.17, 15) is 9.59 Å². The van der Waals surface area contributed by atoms with E-state index in [0.717, 1.165) is 0 Å². The van der Waals surface area contributed by atoms with E-state index in [1.54, 1.807) is 43.0 Å². The fourth-order valence-electron chi connectivity index (χ4n) is 3.30. The molecule has 0 saturated carbocycles. The zero-order valence-corrected chi connectivity index (χ0v) is 20.6. The van der Waals surface area contributed by atoms with Crippen LogP contribution in [0, 0.1) is 6.92 Å². The number of hydrogen-bond acceptors (Lipinski definition) is 5. The molecule has 0 spiro atoms. The highest BCUT2D eigenvalue weighted by Gasteiger charge is 2.25. The van der Waals surface area contributed by atoms with Crippen LogP contribution < -0.4 is 5.32 Å². The van der Waals surface area contributed by atoms with Crippen molar-refractivity contribution in [1.29, 1.82) is 0 Å².